The molecule has 1 aliphatic rings. The minimum absolute atomic E-state index is 0.330. The molecule has 1 N–H and O–H groups in total. The summed E-state index contributed by atoms with van der Waals surface area (Å²) in [4.78, 5) is 8.93. The molecule has 0 spiro atoms. The smallest absolute Gasteiger partial charge is 0.156 e. The molecular formula is C13H19N3S. The highest BCUT2D eigenvalue weighted by Gasteiger charge is 2.23. The van der Waals surface area contributed by atoms with Gasteiger partial charge in [0, 0.05) is 18.5 Å². The van der Waals surface area contributed by atoms with Gasteiger partial charge in [-0.3, -0.25) is 9.98 Å². The largest absolute Gasteiger partial charge is 0.359 e. The third-order valence-electron chi connectivity index (χ3n) is 2.78. The fraction of sp³-hybridized carbons (Fsp3) is 0.538. The number of hydrogen-bond donors (Lipinski definition) is 1. The van der Waals surface area contributed by atoms with E-state index in [1.54, 1.807) is 11.8 Å². The number of thioether (sulfide) groups is 1. The molecule has 17 heavy (non-hydrogen) atoms. The molecule has 0 aliphatic carbocycles. The summed E-state index contributed by atoms with van der Waals surface area (Å²) in [6, 6.07) is 4.05. The van der Waals surface area contributed by atoms with Crippen LogP contribution >= 0.6 is 11.8 Å². The number of aliphatic imine (C=N–C) groups is 1. The van der Waals surface area contributed by atoms with Crippen molar-refractivity contribution in [3.8, 4) is 0 Å². The van der Waals surface area contributed by atoms with Crippen molar-refractivity contribution >= 4 is 16.9 Å². The van der Waals surface area contributed by atoms with Gasteiger partial charge in [-0.25, -0.2) is 0 Å². The topological polar surface area (TPSA) is 37.3 Å². The average molecular weight is 249 g/mol. The molecule has 4 heteroatoms. The summed E-state index contributed by atoms with van der Waals surface area (Å²) < 4.78 is 0. The second kappa shape index (κ2) is 5.08. The van der Waals surface area contributed by atoms with E-state index in [1.165, 1.54) is 5.56 Å². The number of aryl methyl sites for hydroxylation is 1. The van der Waals surface area contributed by atoms with E-state index in [4.69, 9.17) is 0 Å². The maximum atomic E-state index is 4.57. The van der Waals surface area contributed by atoms with Crippen LogP contribution in [0.4, 0.5) is 0 Å². The van der Waals surface area contributed by atoms with Gasteiger partial charge in [-0.2, -0.15) is 0 Å². The summed E-state index contributed by atoms with van der Waals surface area (Å²) in [5.41, 5.74) is 2.65. The Morgan fingerprint density at radius 1 is 1.47 bits per heavy atom. The van der Waals surface area contributed by atoms with Gasteiger partial charge >= 0.3 is 0 Å². The van der Waals surface area contributed by atoms with Crippen molar-refractivity contribution in [2.75, 3.05) is 12.3 Å². The zero-order valence-electron chi connectivity index (χ0n) is 10.7. The Labute approximate surface area is 107 Å². The number of nitrogens with zero attached hydrogens (tertiary/aromatic N) is 2. The maximum Gasteiger partial charge on any atom is 0.156 e. The molecule has 0 unspecified atom stereocenters. The third-order valence-corrected chi connectivity index (χ3v) is 4.25. The first kappa shape index (κ1) is 12.4. The summed E-state index contributed by atoms with van der Waals surface area (Å²) in [5.74, 6) is 1.13. The SMILES string of the molecule is Cc1cccnc1CNC1=NCC(C)(C)CS1. The predicted molar refractivity (Wildman–Crippen MR) is 74.4 cm³/mol. The normalized spacial score (nSPS) is 18.6. The minimum Gasteiger partial charge on any atom is -0.359 e. The van der Waals surface area contributed by atoms with E-state index in [-0.39, 0.29) is 0 Å². The predicted octanol–water partition coefficient (Wildman–Crippen LogP) is 2.61. The first-order valence-electron chi connectivity index (χ1n) is 5.88. The van der Waals surface area contributed by atoms with Crippen molar-refractivity contribution in [2.45, 2.75) is 27.3 Å². The van der Waals surface area contributed by atoms with Crippen LogP contribution in [0.3, 0.4) is 0 Å². The molecule has 92 valence electrons. The molecule has 2 rings (SSSR count). The van der Waals surface area contributed by atoms with Crippen LogP contribution in [-0.4, -0.2) is 22.4 Å². The first-order chi connectivity index (χ1) is 8.07. The molecule has 0 bridgehead atoms. The molecule has 0 amide bonds. The number of nitrogens with one attached hydrogen (secondary N) is 1. The Bertz CT molecular complexity index is 426. The third kappa shape index (κ3) is 3.46. The monoisotopic (exact) mass is 249 g/mol. The van der Waals surface area contributed by atoms with Crippen LogP contribution in [0, 0.1) is 12.3 Å². The van der Waals surface area contributed by atoms with Crippen LogP contribution in [0.15, 0.2) is 23.3 Å². The lowest BCUT2D eigenvalue weighted by Crippen LogP contribution is -2.31. The van der Waals surface area contributed by atoms with Crippen molar-refractivity contribution in [3.63, 3.8) is 0 Å². The van der Waals surface area contributed by atoms with Gasteiger partial charge in [-0.05, 0) is 24.0 Å². The molecule has 3 nitrogen and oxygen atoms in total. The molecule has 1 aromatic rings. The molecule has 1 aromatic heterocycles. The fourth-order valence-corrected chi connectivity index (χ4v) is 2.56. The Morgan fingerprint density at radius 3 is 2.94 bits per heavy atom. The molecule has 0 aromatic carbocycles. The molecule has 0 fully saturated rings. The Morgan fingerprint density at radius 2 is 2.29 bits per heavy atom. The van der Waals surface area contributed by atoms with Crippen LogP contribution in [0.25, 0.3) is 0 Å². The summed E-state index contributed by atoms with van der Waals surface area (Å²) in [6.07, 6.45) is 1.84. The fourth-order valence-electron chi connectivity index (χ4n) is 1.61. The van der Waals surface area contributed by atoms with Crippen molar-refractivity contribution in [3.05, 3.63) is 29.6 Å². The number of aromatic nitrogens is 1. The van der Waals surface area contributed by atoms with Gasteiger partial charge in [-0.15, -0.1) is 0 Å². The lowest BCUT2D eigenvalue weighted by molar-refractivity contribution is 0.436. The highest BCUT2D eigenvalue weighted by Crippen LogP contribution is 2.27. The first-order valence-corrected chi connectivity index (χ1v) is 6.87. The van der Waals surface area contributed by atoms with Gasteiger partial charge in [0.2, 0.25) is 0 Å². The van der Waals surface area contributed by atoms with Crippen molar-refractivity contribution in [2.24, 2.45) is 10.4 Å². The van der Waals surface area contributed by atoms with E-state index in [2.05, 4.69) is 42.1 Å². The van der Waals surface area contributed by atoms with Gasteiger partial charge < -0.3 is 5.32 Å². The molecule has 0 radical (unpaired) electrons. The highest BCUT2D eigenvalue weighted by molar-refractivity contribution is 8.13. The summed E-state index contributed by atoms with van der Waals surface area (Å²) in [7, 11) is 0. The van der Waals surface area contributed by atoms with E-state index in [9.17, 15) is 0 Å². The Kier molecular flexibility index (Phi) is 3.72. The second-order valence-electron chi connectivity index (χ2n) is 5.19. The van der Waals surface area contributed by atoms with Crippen molar-refractivity contribution in [1.29, 1.82) is 0 Å². The number of rotatable bonds is 2. The standard InChI is InChI=1S/C13H19N3S/c1-10-5-4-6-14-11(10)7-15-12-16-8-13(2,3)9-17-12/h4-6H,7-9H2,1-3H3,(H,15,16). The van der Waals surface area contributed by atoms with Gasteiger partial charge in [0.25, 0.3) is 0 Å². The van der Waals surface area contributed by atoms with Crippen LogP contribution in [-0.2, 0) is 6.54 Å². The zero-order chi connectivity index (χ0) is 12.3. The lowest BCUT2D eigenvalue weighted by Gasteiger charge is -2.27. The van der Waals surface area contributed by atoms with E-state index in [0.717, 1.165) is 29.7 Å². The van der Waals surface area contributed by atoms with E-state index < -0.39 is 0 Å². The van der Waals surface area contributed by atoms with E-state index in [0.29, 0.717) is 5.41 Å². The van der Waals surface area contributed by atoms with Gasteiger partial charge in [0.1, 0.15) is 0 Å². The Hall–Kier alpha value is -1.03. The van der Waals surface area contributed by atoms with Gasteiger partial charge in [0.15, 0.2) is 5.17 Å². The van der Waals surface area contributed by atoms with Crippen molar-refractivity contribution < 1.29 is 0 Å². The quantitative estimate of drug-likeness (QED) is 0.875. The minimum atomic E-state index is 0.330. The molecule has 0 saturated heterocycles. The van der Waals surface area contributed by atoms with Crippen LogP contribution in [0.5, 0.6) is 0 Å². The summed E-state index contributed by atoms with van der Waals surface area (Å²) in [5, 5.41) is 4.42. The molecule has 1 aliphatic heterocycles. The summed E-state index contributed by atoms with van der Waals surface area (Å²) in [6.45, 7) is 8.26. The van der Waals surface area contributed by atoms with E-state index in [1.807, 2.05) is 12.3 Å². The number of hydrogen-bond acceptors (Lipinski definition) is 4. The molecule has 2 heterocycles. The highest BCUT2D eigenvalue weighted by atomic mass is 32.2. The maximum absolute atomic E-state index is 4.57. The molecular weight excluding hydrogens is 230 g/mol. The van der Waals surface area contributed by atoms with Crippen LogP contribution in [0.1, 0.15) is 25.1 Å². The van der Waals surface area contributed by atoms with E-state index >= 15 is 0 Å². The van der Waals surface area contributed by atoms with Gasteiger partial charge in [-0.1, -0.05) is 31.7 Å². The number of amidine groups is 1. The van der Waals surface area contributed by atoms with Crippen LogP contribution in [0.2, 0.25) is 0 Å². The van der Waals surface area contributed by atoms with Crippen molar-refractivity contribution in [1.82, 2.24) is 10.3 Å². The second-order valence-corrected chi connectivity index (χ2v) is 6.16. The molecule has 0 saturated carbocycles. The molecule has 0 atom stereocenters. The number of pyridine rings is 1. The summed E-state index contributed by atoms with van der Waals surface area (Å²) >= 11 is 1.81. The van der Waals surface area contributed by atoms with Crippen LogP contribution < -0.4 is 5.32 Å². The van der Waals surface area contributed by atoms with Gasteiger partial charge in [0.05, 0.1) is 12.2 Å². The Balaban J connectivity index is 1.92. The average Bonchev–Trinajstić information content (AvgIpc) is 2.30. The zero-order valence-corrected chi connectivity index (χ0v) is 11.5. The lowest BCUT2D eigenvalue weighted by atomic mass is 9.97.